The Balaban J connectivity index is 1.99. The van der Waals surface area contributed by atoms with Gasteiger partial charge in [-0.3, -0.25) is 9.69 Å². The minimum Gasteiger partial charge on any atom is -0.480 e. The van der Waals surface area contributed by atoms with Gasteiger partial charge in [-0.05, 0) is 18.6 Å². The van der Waals surface area contributed by atoms with Crippen molar-refractivity contribution in [2.45, 2.75) is 18.5 Å². The molecule has 4 N–H and O–H groups in total. The van der Waals surface area contributed by atoms with Crippen LogP contribution in [0.2, 0.25) is 0 Å². The second-order valence-electron chi connectivity index (χ2n) is 4.49. The zero-order valence-electron chi connectivity index (χ0n) is 9.63. The smallest absolute Gasteiger partial charge is 0.371 e. The number of nitrogens with zero attached hydrogens (tertiary/aromatic N) is 1. The van der Waals surface area contributed by atoms with Crippen LogP contribution in [0.5, 0.6) is 0 Å². The Morgan fingerprint density at radius 2 is 2.17 bits per heavy atom. The molecule has 1 atom stereocenters. The lowest BCUT2D eigenvalue weighted by Gasteiger charge is -2.19. The number of hydrogen-bond acceptors (Lipinski definition) is 5. The number of furan rings is 1. The van der Waals surface area contributed by atoms with Crippen LogP contribution in [0.25, 0.3) is 0 Å². The molecule has 2 heterocycles. The molecule has 2 rings (SSSR count). The minimum atomic E-state index is -1.22. The van der Waals surface area contributed by atoms with Crippen molar-refractivity contribution < 1.29 is 24.2 Å². The lowest BCUT2D eigenvalue weighted by molar-refractivity contribution is -0.142. The first-order chi connectivity index (χ1) is 8.40. The van der Waals surface area contributed by atoms with E-state index < -0.39 is 17.5 Å². The van der Waals surface area contributed by atoms with Gasteiger partial charge in [-0.15, -0.1) is 0 Å². The molecule has 7 nitrogen and oxygen atoms in total. The Hall–Kier alpha value is -1.86. The molecule has 1 aliphatic heterocycles. The third-order valence-corrected chi connectivity index (χ3v) is 3.06. The number of rotatable bonds is 4. The molecule has 1 aromatic rings. The fraction of sp³-hybridized carbons (Fsp3) is 0.455. The molecule has 1 aliphatic rings. The van der Waals surface area contributed by atoms with Crippen molar-refractivity contribution in [3.8, 4) is 0 Å². The predicted molar refractivity (Wildman–Crippen MR) is 60.1 cm³/mol. The lowest BCUT2D eigenvalue weighted by atomic mass is 10.0. The van der Waals surface area contributed by atoms with E-state index in [9.17, 15) is 9.59 Å². The maximum atomic E-state index is 11.0. The molecule has 0 saturated carbocycles. The fourth-order valence-corrected chi connectivity index (χ4v) is 2.02. The topological polar surface area (TPSA) is 117 Å². The standard InChI is InChI=1S/C11H14N2O5/c12-11(10(16)17)3-4-13(6-11)5-7-1-2-8(18-7)9(14)15/h1-2H,3-6,12H2,(H,14,15)(H,16,17). The molecular formula is C11H14N2O5. The summed E-state index contributed by atoms with van der Waals surface area (Å²) in [6, 6.07) is 2.95. The largest absolute Gasteiger partial charge is 0.480 e. The molecule has 0 radical (unpaired) electrons. The van der Waals surface area contributed by atoms with Gasteiger partial charge in [-0.25, -0.2) is 4.79 Å². The van der Waals surface area contributed by atoms with Crippen LogP contribution in [0, 0.1) is 0 Å². The van der Waals surface area contributed by atoms with Gasteiger partial charge in [0.2, 0.25) is 5.76 Å². The van der Waals surface area contributed by atoms with Gasteiger partial charge in [-0.2, -0.15) is 0 Å². The van der Waals surface area contributed by atoms with Gasteiger partial charge in [0.1, 0.15) is 11.3 Å². The van der Waals surface area contributed by atoms with Crippen molar-refractivity contribution in [2.75, 3.05) is 13.1 Å². The van der Waals surface area contributed by atoms with Crippen molar-refractivity contribution in [2.24, 2.45) is 5.73 Å². The second kappa shape index (κ2) is 4.43. The summed E-state index contributed by atoms with van der Waals surface area (Å²) in [5.41, 5.74) is 4.51. The highest BCUT2D eigenvalue weighted by Crippen LogP contribution is 2.21. The third kappa shape index (κ3) is 2.36. The van der Waals surface area contributed by atoms with Gasteiger partial charge in [0, 0.05) is 13.1 Å². The van der Waals surface area contributed by atoms with E-state index in [0.29, 0.717) is 25.3 Å². The quantitative estimate of drug-likeness (QED) is 0.690. The zero-order valence-corrected chi connectivity index (χ0v) is 9.63. The summed E-state index contributed by atoms with van der Waals surface area (Å²) in [7, 11) is 0. The molecule has 0 aromatic carbocycles. The monoisotopic (exact) mass is 254 g/mol. The van der Waals surface area contributed by atoms with Gasteiger partial charge in [0.15, 0.2) is 0 Å². The van der Waals surface area contributed by atoms with Crippen molar-refractivity contribution in [1.29, 1.82) is 0 Å². The van der Waals surface area contributed by atoms with Gasteiger partial charge in [-0.1, -0.05) is 0 Å². The molecule has 0 amide bonds. The molecule has 1 unspecified atom stereocenters. The highest BCUT2D eigenvalue weighted by Gasteiger charge is 2.41. The average Bonchev–Trinajstić information content (AvgIpc) is 2.87. The Morgan fingerprint density at radius 3 is 2.67 bits per heavy atom. The SMILES string of the molecule is NC1(C(=O)O)CCN(Cc2ccc(C(=O)O)o2)C1. The maximum absolute atomic E-state index is 11.0. The van der Waals surface area contributed by atoms with E-state index in [0.717, 1.165) is 0 Å². The molecule has 0 spiro atoms. The number of likely N-dealkylation sites (tertiary alicyclic amines) is 1. The number of aromatic carboxylic acids is 1. The van der Waals surface area contributed by atoms with Crippen molar-refractivity contribution in [3.05, 3.63) is 23.7 Å². The van der Waals surface area contributed by atoms with Crippen LogP contribution < -0.4 is 5.73 Å². The van der Waals surface area contributed by atoms with E-state index in [1.807, 2.05) is 4.90 Å². The van der Waals surface area contributed by atoms with Crippen LogP contribution in [0.1, 0.15) is 22.7 Å². The van der Waals surface area contributed by atoms with Gasteiger partial charge in [0.05, 0.1) is 6.54 Å². The Bertz CT molecular complexity index is 484. The van der Waals surface area contributed by atoms with E-state index in [4.69, 9.17) is 20.4 Å². The molecule has 7 heteroatoms. The van der Waals surface area contributed by atoms with E-state index >= 15 is 0 Å². The number of carboxylic acid groups (broad SMARTS) is 2. The molecule has 1 fully saturated rings. The van der Waals surface area contributed by atoms with Gasteiger partial charge >= 0.3 is 11.9 Å². The molecule has 1 aromatic heterocycles. The molecule has 0 aliphatic carbocycles. The van der Waals surface area contributed by atoms with E-state index in [-0.39, 0.29) is 12.3 Å². The van der Waals surface area contributed by atoms with Gasteiger partial charge < -0.3 is 20.4 Å². The van der Waals surface area contributed by atoms with Crippen LogP contribution in [-0.4, -0.2) is 45.7 Å². The number of nitrogens with two attached hydrogens (primary N) is 1. The Morgan fingerprint density at radius 1 is 1.44 bits per heavy atom. The van der Waals surface area contributed by atoms with Crippen LogP contribution in [0.4, 0.5) is 0 Å². The minimum absolute atomic E-state index is 0.124. The van der Waals surface area contributed by atoms with Crippen LogP contribution in [0.3, 0.4) is 0 Å². The first-order valence-electron chi connectivity index (χ1n) is 5.47. The summed E-state index contributed by atoms with van der Waals surface area (Å²) >= 11 is 0. The molecule has 18 heavy (non-hydrogen) atoms. The number of carboxylic acids is 2. The van der Waals surface area contributed by atoms with Crippen LogP contribution in [0.15, 0.2) is 16.5 Å². The number of aliphatic carboxylic acids is 1. The lowest BCUT2D eigenvalue weighted by Crippen LogP contribution is -2.49. The fourth-order valence-electron chi connectivity index (χ4n) is 2.02. The van der Waals surface area contributed by atoms with Crippen LogP contribution >= 0.6 is 0 Å². The summed E-state index contributed by atoms with van der Waals surface area (Å²) in [6.07, 6.45) is 0.370. The normalized spacial score (nSPS) is 24.3. The van der Waals surface area contributed by atoms with E-state index in [1.165, 1.54) is 6.07 Å². The molecule has 98 valence electrons. The maximum Gasteiger partial charge on any atom is 0.371 e. The van der Waals surface area contributed by atoms with Gasteiger partial charge in [0.25, 0.3) is 0 Å². The summed E-state index contributed by atoms with van der Waals surface area (Å²) < 4.78 is 5.11. The summed E-state index contributed by atoms with van der Waals surface area (Å²) in [5.74, 6) is -1.78. The Kier molecular flexibility index (Phi) is 3.10. The number of hydrogen-bond donors (Lipinski definition) is 3. The van der Waals surface area contributed by atoms with Crippen LogP contribution in [-0.2, 0) is 11.3 Å². The zero-order chi connectivity index (χ0) is 13.3. The summed E-state index contributed by atoms with van der Waals surface area (Å²) in [6.45, 7) is 1.14. The third-order valence-electron chi connectivity index (χ3n) is 3.06. The first-order valence-corrected chi connectivity index (χ1v) is 5.47. The molecule has 1 saturated heterocycles. The highest BCUT2D eigenvalue weighted by molar-refractivity contribution is 5.84. The Labute approximate surface area is 103 Å². The summed E-state index contributed by atoms with van der Waals surface area (Å²) in [4.78, 5) is 23.4. The van der Waals surface area contributed by atoms with Crippen molar-refractivity contribution in [3.63, 3.8) is 0 Å². The van der Waals surface area contributed by atoms with E-state index in [2.05, 4.69) is 0 Å². The summed E-state index contributed by atoms with van der Waals surface area (Å²) in [5, 5.41) is 17.7. The van der Waals surface area contributed by atoms with Crippen molar-refractivity contribution in [1.82, 2.24) is 4.90 Å². The second-order valence-corrected chi connectivity index (χ2v) is 4.49. The first kappa shape index (κ1) is 12.6. The van der Waals surface area contributed by atoms with Crippen molar-refractivity contribution >= 4 is 11.9 Å². The molecular weight excluding hydrogens is 240 g/mol. The van der Waals surface area contributed by atoms with E-state index in [1.54, 1.807) is 6.07 Å². The number of carbonyl (C=O) groups is 2. The predicted octanol–water partition coefficient (Wildman–Crippen LogP) is -0.0344. The highest BCUT2D eigenvalue weighted by atomic mass is 16.4. The molecule has 0 bridgehead atoms. The average molecular weight is 254 g/mol.